The molecule has 0 bridgehead atoms. The Balaban J connectivity index is 0.00000273. The first-order chi connectivity index (χ1) is 26.7. The van der Waals surface area contributed by atoms with Gasteiger partial charge in [-0.15, -0.1) is 0 Å². The molecule has 2 aliphatic heterocycles. The predicted molar refractivity (Wildman–Crippen MR) is 192 cm³/mol. The maximum Gasteiger partial charge on any atom is 1.00 e. The van der Waals surface area contributed by atoms with Crippen LogP contribution in [0, 0.1) is 50.2 Å². The van der Waals surface area contributed by atoms with Gasteiger partial charge in [-0.2, -0.15) is 0 Å². The van der Waals surface area contributed by atoms with Crippen molar-refractivity contribution in [3.05, 3.63) is 11.6 Å². The Bertz CT molecular complexity index is 1750. The van der Waals surface area contributed by atoms with E-state index in [2.05, 4.69) is 41.5 Å². The SMILES string of the molecule is CC1(C(=O)[O-])CCC2(C)CCC3(C)C(=CC(=O)C4C5(C)CC(OC6OC(C(=O)[O-])C(OC7OC(C(=O)[O-])C(O)C(O)C7O)C(O)C6O)CC(C)(C)C5CCC43C)C2C1.[K+].[K+].[Na+]. The summed E-state index contributed by atoms with van der Waals surface area (Å²) < 4.78 is 22.6. The Morgan fingerprint density at radius 1 is 0.705 bits per heavy atom. The number of carboxylic acid groups (broad SMARTS) is 3. The maximum absolute atomic E-state index is 14.9. The molecule has 7 aliphatic rings. The zero-order valence-electron chi connectivity index (χ0n) is 37.3. The van der Waals surface area contributed by atoms with Gasteiger partial charge in [-0.05, 0) is 103 Å². The molecular weight excluding hydrogens is 862 g/mol. The van der Waals surface area contributed by atoms with Crippen LogP contribution in [0.15, 0.2) is 11.6 Å². The van der Waals surface area contributed by atoms with Crippen molar-refractivity contribution < 1.29 is 211 Å². The number of rotatable bonds is 7. The van der Waals surface area contributed by atoms with E-state index < -0.39 is 118 Å². The number of fused-ring (bicyclic) bond motifs is 7. The second-order valence-corrected chi connectivity index (χ2v) is 20.7. The largest absolute Gasteiger partial charge is 1.00 e. The van der Waals surface area contributed by atoms with Crippen molar-refractivity contribution in [3.8, 4) is 0 Å². The number of hydrogen-bond acceptors (Lipinski definition) is 16. The fraction of sp³-hybridized carbons (Fsp3) is 0.857. The van der Waals surface area contributed by atoms with Crippen LogP contribution in [0.3, 0.4) is 0 Å². The second-order valence-electron chi connectivity index (χ2n) is 20.7. The van der Waals surface area contributed by atoms with Crippen molar-refractivity contribution in [2.45, 2.75) is 174 Å². The van der Waals surface area contributed by atoms with Crippen molar-refractivity contribution >= 4 is 23.7 Å². The summed E-state index contributed by atoms with van der Waals surface area (Å²) in [6.07, 6.45) is -13.6. The molecule has 5 aliphatic carbocycles. The minimum atomic E-state index is -2.19. The number of aliphatic hydroxyl groups is 5. The van der Waals surface area contributed by atoms with E-state index in [0.29, 0.717) is 25.7 Å². The van der Waals surface area contributed by atoms with E-state index in [4.69, 9.17) is 18.9 Å². The van der Waals surface area contributed by atoms with Gasteiger partial charge in [-0.25, -0.2) is 0 Å². The number of carbonyl (C=O) groups excluding carboxylic acids is 4. The topological polar surface area (TPSA) is 276 Å². The molecule has 2 heterocycles. The van der Waals surface area contributed by atoms with Gasteiger partial charge in [-0.1, -0.05) is 54.0 Å². The normalized spacial score (nSPS) is 50.0. The number of aliphatic hydroxyl groups excluding tert-OH is 5. The number of aliphatic carboxylic acids is 3. The summed E-state index contributed by atoms with van der Waals surface area (Å²) in [4.78, 5) is 51.2. The van der Waals surface area contributed by atoms with Gasteiger partial charge in [0.2, 0.25) is 0 Å². The molecule has 19 atom stereocenters. The van der Waals surface area contributed by atoms with Crippen LogP contribution in [0.5, 0.6) is 0 Å². The third-order valence-electron chi connectivity index (χ3n) is 16.9. The van der Waals surface area contributed by atoms with Crippen LogP contribution in [0.4, 0.5) is 0 Å². The fourth-order valence-corrected chi connectivity index (χ4v) is 13.5. The molecule has 0 aromatic rings. The van der Waals surface area contributed by atoms with E-state index >= 15 is 0 Å². The summed E-state index contributed by atoms with van der Waals surface area (Å²) in [7, 11) is 0. The van der Waals surface area contributed by atoms with Gasteiger partial charge < -0.3 is 74.2 Å². The molecule has 326 valence electrons. The average Bonchev–Trinajstić information content (AvgIpc) is 3.11. The maximum atomic E-state index is 14.9. The number of allylic oxidation sites excluding steroid dienone is 2. The van der Waals surface area contributed by atoms with Crippen LogP contribution in [0.25, 0.3) is 0 Å². The number of ether oxygens (including phenoxy) is 4. The number of ketones is 1. The zero-order valence-corrected chi connectivity index (χ0v) is 45.5. The summed E-state index contributed by atoms with van der Waals surface area (Å²) in [6.45, 7) is 14.8. The molecule has 19 unspecified atom stereocenters. The summed E-state index contributed by atoms with van der Waals surface area (Å²) in [5, 5.41) is 89.6. The van der Waals surface area contributed by atoms with Crippen LogP contribution in [0.2, 0.25) is 0 Å². The molecule has 2 saturated heterocycles. The molecule has 7 rings (SSSR count). The van der Waals surface area contributed by atoms with Gasteiger partial charge >= 0.3 is 132 Å². The van der Waals surface area contributed by atoms with Gasteiger partial charge in [0, 0.05) is 17.3 Å². The molecule has 61 heavy (non-hydrogen) atoms. The molecule has 0 aromatic carbocycles. The average molecular weight is 921 g/mol. The molecule has 16 nitrogen and oxygen atoms in total. The molecule has 0 amide bonds. The molecule has 5 N–H and O–H groups in total. The van der Waals surface area contributed by atoms with Gasteiger partial charge in [0.1, 0.15) is 48.8 Å². The Labute approximate surface area is 464 Å². The van der Waals surface area contributed by atoms with Crippen molar-refractivity contribution in [2.24, 2.45) is 50.2 Å². The number of hydrogen-bond donors (Lipinski definition) is 5. The Kier molecular flexibility index (Phi) is 17.5. The van der Waals surface area contributed by atoms with Crippen LogP contribution < -0.4 is 148 Å². The van der Waals surface area contributed by atoms with Crippen molar-refractivity contribution in [2.75, 3.05) is 0 Å². The molecule has 0 aromatic heterocycles. The Hall–Kier alpha value is 1.73. The summed E-state index contributed by atoms with van der Waals surface area (Å²) >= 11 is 0. The van der Waals surface area contributed by atoms with Gasteiger partial charge in [0.25, 0.3) is 0 Å². The standard InChI is InChI=1S/C42H62O16.2K.Na/c1-37(2)15-18(55-34-27(48)25(46)28(30(58-34)33(51)52)56-35-26(47)23(44)24(45)29(57-35)32(49)50)16-40(5)22(37)8-9-42(7)31(40)21(43)14-19-20-17-39(4,36(53)54)11-10-38(20,3)12-13-41(19,42)6;;;/h14,18,20,22-31,34-35,44-48H,8-13,15-17H2,1-7H3,(H,49,50)(H,51,52)(H,53,54);;;/q;3*+1/p-3. The van der Waals surface area contributed by atoms with Crippen LogP contribution >= 0.6 is 0 Å². The Morgan fingerprint density at radius 2 is 1.26 bits per heavy atom. The quantitative estimate of drug-likeness (QED) is 0.117. The van der Waals surface area contributed by atoms with Gasteiger partial charge in [-0.3, -0.25) is 4.79 Å². The predicted octanol–water partition coefficient (Wildman–Crippen LogP) is -10.7. The van der Waals surface area contributed by atoms with Gasteiger partial charge in [0.15, 0.2) is 18.4 Å². The molecular formula is C42H59K2NaO16. The van der Waals surface area contributed by atoms with Crippen LogP contribution in [0.1, 0.15) is 106 Å². The van der Waals surface area contributed by atoms with E-state index in [1.807, 2.05) is 6.08 Å². The van der Waals surface area contributed by atoms with Crippen molar-refractivity contribution in [3.63, 3.8) is 0 Å². The third-order valence-corrected chi connectivity index (χ3v) is 16.9. The van der Waals surface area contributed by atoms with Crippen molar-refractivity contribution in [1.82, 2.24) is 0 Å². The monoisotopic (exact) mass is 920 g/mol. The summed E-state index contributed by atoms with van der Waals surface area (Å²) in [6, 6.07) is 0. The third kappa shape index (κ3) is 9.08. The summed E-state index contributed by atoms with van der Waals surface area (Å²) in [5.41, 5.74) is -2.05. The molecule has 19 heteroatoms. The van der Waals surface area contributed by atoms with Gasteiger partial charge in [0.05, 0.1) is 18.0 Å². The van der Waals surface area contributed by atoms with Crippen molar-refractivity contribution in [1.29, 1.82) is 0 Å². The van der Waals surface area contributed by atoms with E-state index in [0.717, 1.165) is 37.7 Å². The minimum absolute atomic E-state index is 0. The fourth-order valence-electron chi connectivity index (χ4n) is 13.5. The van der Waals surface area contributed by atoms with E-state index in [-0.39, 0.29) is 155 Å². The molecule has 4 saturated carbocycles. The Morgan fingerprint density at radius 3 is 1.85 bits per heavy atom. The first-order valence-corrected chi connectivity index (χ1v) is 20.7. The first kappa shape index (κ1) is 55.3. The first-order valence-electron chi connectivity index (χ1n) is 20.7. The molecule has 0 radical (unpaired) electrons. The molecule has 6 fully saturated rings. The summed E-state index contributed by atoms with van der Waals surface area (Å²) in [5.74, 6) is -5.40. The molecule has 0 spiro atoms. The van der Waals surface area contributed by atoms with Crippen LogP contribution in [-0.4, -0.2) is 117 Å². The number of carbonyl (C=O) groups is 4. The van der Waals surface area contributed by atoms with E-state index in [1.54, 1.807) is 6.92 Å². The zero-order chi connectivity index (χ0) is 42.9. The second kappa shape index (κ2) is 19.3. The smallest absolute Gasteiger partial charge is 0.550 e. The minimum Gasteiger partial charge on any atom is -0.550 e. The van der Waals surface area contributed by atoms with E-state index in [9.17, 15) is 60.0 Å². The number of carboxylic acids is 3. The van der Waals surface area contributed by atoms with E-state index in [1.165, 1.54) is 0 Å². The van der Waals surface area contributed by atoms with Crippen LogP contribution in [-0.2, 0) is 38.1 Å².